The van der Waals surface area contributed by atoms with E-state index in [4.69, 9.17) is 9.84 Å². The first-order chi connectivity index (χ1) is 12.1. The molecule has 140 valence electrons. The predicted octanol–water partition coefficient (Wildman–Crippen LogP) is 1.86. The van der Waals surface area contributed by atoms with E-state index in [-0.39, 0.29) is 25.2 Å². The third-order valence-electron chi connectivity index (χ3n) is 4.74. The summed E-state index contributed by atoms with van der Waals surface area (Å²) < 4.78 is 5.72. The number of aliphatic hydroxyl groups is 2. The van der Waals surface area contributed by atoms with E-state index in [9.17, 15) is 9.90 Å². The highest BCUT2D eigenvalue weighted by Crippen LogP contribution is 2.19. The van der Waals surface area contributed by atoms with Gasteiger partial charge in [-0.1, -0.05) is 0 Å². The van der Waals surface area contributed by atoms with Gasteiger partial charge in [-0.15, -0.1) is 0 Å². The van der Waals surface area contributed by atoms with Gasteiger partial charge in [-0.3, -0.25) is 4.79 Å². The number of rotatable bonds is 10. The molecule has 2 rings (SSSR count). The molecule has 1 fully saturated rings. The standard InChI is InChI=1S/C19H30N2O4/c1-14-17(18(24)6-4-16(23)13-22)5-7-19(21-14)25-12-2-3-15-8-10-20-11-9-15/h5,7,15-16,20,22-23H,2-4,6,8-13H2,1H3/t16-/m0/s1. The van der Waals surface area contributed by atoms with E-state index in [1.54, 1.807) is 19.1 Å². The monoisotopic (exact) mass is 350 g/mol. The molecule has 25 heavy (non-hydrogen) atoms. The zero-order valence-electron chi connectivity index (χ0n) is 15.0. The number of ketones is 1. The number of Topliss-reactive ketones (excluding diaryl/α,β-unsaturated/α-hetero) is 1. The lowest BCUT2D eigenvalue weighted by Crippen LogP contribution is -2.27. The second kappa shape index (κ2) is 10.5. The Morgan fingerprint density at radius 3 is 2.84 bits per heavy atom. The van der Waals surface area contributed by atoms with Gasteiger partial charge in [0.15, 0.2) is 5.78 Å². The van der Waals surface area contributed by atoms with Crippen molar-refractivity contribution < 1.29 is 19.7 Å². The van der Waals surface area contributed by atoms with E-state index >= 15 is 0 Å². The van der Waals surface area contributed by atoms with Crippen molar-refractivity contribution in [1.29, 1.82) is 0 Å². The van der Waals surface area contributed by atoms with Crippen molar-refractivity contribution in [3.05, 3.63) is 23.4 Å². The van der Waals surface area contributed by atoms with Gasteiger partial charge in [-0.05, 0) is 64.1 Å². The fourth-order valence-electron chi connectivity index (χ4n) is 3.16. The Labute approximate surface area is 149 Å². The number of aryl methyl sites for hydroxylation is 1. The Kier molecular flexibility index (Phi) is 8.31. The molecule has 6 heteroatoms. The summed E-state index contributed by atoms with van der Waals surface area (Å²) in [6, 6.07) is 3.46. The van der Waals surface area contributed by atoms with Crippen LogP contribution in [0.3, 0.4) is 0 Å². The van der Waals surface area contributed by atoms with Gasteiger partial charge in [-0.2, -0.15) is 0 Å². The van der Waals surface area contributed by atoms with Crippen LogP contribution in [0.4, 0.5) is 0 Å². The van der Waals surface area contributed by atoms with Crippen LogP contribution in [0.5, 0.6) is 5.88 Å². The SMILES string of the molecule is Cc1nc(OCCCC2CCNCC2)ccc1C(=O)CC[C@H](O)CO. The molecule has 0 saturated carbocycles. The molecule has 3 N–H and O–H groups in total. The number of carbonyl (C=O) groups is 1. The quantitative estimate of drug-likeness (QED) is 0.441. The summed E-state index contributed by atoms with van der Waals surface area (Å²) in [5.74, 6) is 1.28. The highest BCUT2D eigenvalue weighted by atomic mass is 16.5. The Hall–Kier alpha value is -1.50. The minimum absolute atomic E-state index is 0.0741. The van der Waals surface area contributed by atoms with Crippen LogP contribution in [-0.4, -0.2) is 53.4 Å². The van der Waals surface area contributed by atoms with Crippen LogP contribution in [0.1, 0.15) is 54.6 Å². The van der Waals surface area contributed by atoms with Gasteiger partial charge in [0.25, 0.3) is 0 Å². The molecule has 0 aliphatic carbocycles. The number of hydrogen-bond donors (Lipinski definition) is 3. The van der Waals surface area contributed by atoms with Gasteiger partial charge in [-0.25, -0.2) is 4.98 Å². The van der Waals surface area contributed by atoms with E-state index in [2.05, 4.69) is 10.3 Å². The summed E-state index contributed by atoms with van der Waals surface area (Å²) >= 11 is 0. The zero-order valence-corrected chi connectivity index (χ0v) is 15.0. The molecule has 0 amide bonds. The third-order valence-corrected chi connectivity index (χ3v) is 4.74. The lowest BCUT2D eigenvalue weighted by molar-refractivity contribution is 0.0779. The lowest BCUT2D eigenvalue weighted by Gasteiger charge is -2.22. The molecule has 1 aliphatic rings. The van der Waals surface area contributed by atoms with Crippen molar-refractivity contribution in [3.8, 4) is 5.88 Å². The molecule has 0 unspecified atom stereocenters. The first-order valence-corrected chi connectivity index (χ1v) is 9.23. The van der Waals surface area contributed by atoms with Gasteiger partial charge >= 0.3 is 0 Å². The molecule has 0 spiro atoms. The minimum Gasteiger partial charge on any atom is -0.478 e. The largest absolute Gasteiger partial charge is 0.478 e. The van der Waals surface area contributed by atoms with Crippen molar-refractivity contribution in [3.63, 3.8) is 0 Å². The molecule has 1 saturated heterocycles. The molecule has 2 heterocycles. The van der Waals surface area contributed by atoms with Gasteiger partial charge < -0.3 is 20.3 Å². The summed E-state index contributed by atoms with van der Waals surface area (Å²) in [6.45, 7) is 4.35. The molecular weight excluding hydrogens is 320 g/mol. The number of pyridine rings is 1. The summed E-state index contributed by atoms with van der Waals surface area (Å²) in [6.07, 6.45) is 4.30. The van der Waals surface area contributed by atoms with Crippen LogP contribution in [0, 0.1) is 12.8 Å². The van der Waals surface area contributed by atoms with Crippen LogP contribution in [0.25, 0.3) is 0 Å². The van der Waals surface area contributed by atoms with Gasteiger partial charge in [0.1, 0.15) is 0 Å². The molecular formula is C19H30N2O4. The number of aliphatic hydroxyl groups excluding tert-OH is 2. The highest BCUT2D eigenvalue weighted by molar-refractivity contribution is 5.97. The van der Waals surface area contributed by atoms with Crippen LogP contribution in [0.15, 0.2) is 12.1 Å². The molecule has 0 bridgehead atoms. The maximum Gasteiger partial charge on any atom is 0.213 e. The lowest BCUT2D eigenvalue weighted by atomic mass is 9.93. The molecule has 0 radical (unpaired) electrons. The molecule has 1 aromatic heterocycles. The van der Waals surface area contributed by atoms with Crippen molar-refractivity contribution >= 4 is 5.78 Å². The topological polar surface area (TPSA) is 91.7 Å². The summed E-state index contributed by atoms with van der Waals surface area (Å²) in [4.78, 5) is 16.5. The molecule has 1 atom stereocenters. The normalized spacial score (nSPS) is 16.6. The van der Waals surface area contributed by atoms with E-state index < -0.39 is 6.10 Å². The maximum absolute atomic E-state index is 12.2. The van der Waals surface area contributed by atoms with Crippen molar-refractivity contribution in [2.45, 2.75) is 51.6 Å². The Bertz CT molecular complexity index is 544. The zero-order chi connectivity index (χ0) is 18.1. The van der Waals surface area contributed by atoms with Gasteiger partial charge in [0.2, 0.25) is 5.88 Å². The molecule has 1 aromatic rings. The number of hydrogen-bond acceptors (Lipinski definition) is 6. The fraction of sp³-hybridized carbons (Fsp3) is 0.684. The Balaban J connectivity index is 1.75. The van der Waals surface area contributed by atoms with Crippen LogP contribution >= 0.6 is 0 Å². The van der Waals surface area contributed by atoms with E-state index in [1.807, 2.05) is 0 Å². The minimum atomic E-state index is -0.847. The van der Waals surface area contributed by atoms with Crippen LogP contribution in [0.2, 0.25) is 0 Å². The number of nitrogens with zero attached hydrogens (tertiary/aromatic N) is 1. The number of aromatic nitrogens is 1. The van der Waals surface area contributed by atoms with E-state index in [0.29, 0.717) is 23.7 Å². The average Bonchev–Trinajstić information content (AvgIpc) is 2.64. The molecule has 0 aromatic carbocycles. The third kappa shape index (κ3) is 6.72. The number of ether oxygens (including phenoxy) is 1. The van der Waals surface area contributed by atoms with Gasteiger partial charge in [0, 0.05) is 18.1 Å². The summed E-state index contributed by atoms with van der Waals surface area (Å²) in [7, 11) is 0. The second-order valence-corrected chi connectivity index (χ2v) is 6.76. The second-order valence-electron chi connectivity index (χ2n) is 6.76. The van der Waals surface area contributed by atoms with Crippen LogP contribution < -0.4 is 10.1 Å². The Morgan fingerprint density at radius 2 is 2.16 bits per heavy atom. The molecule has 6 nitrogen and oxygen atoms in total. The fourth-order valence-corrected chi connectivity index (χ4v) is 3.16. The van der Waals surface area contributed by atoms with Crippen molar-refractivity contribution in [1.82, 2.24) is 10.3 Å². The number of nitrogens with one attached hydrogen (secondary N) is 1. The molecule has 1 aliphatic heterocycles. The first kappa shape index (κ1) is 19.8. The van der Waals surface area contributed by atoms with E-state index in [0.717, 1.165) is 25.4 Å². The van der Waals surface area contributed by atoms with Crippen LogP contribution in [-0.2, 0) is 0 Å². The van der Waals surface area contributed by atoms with Crippen molar-refractivity contribution in [2.24, 2.45) is 5.92 Å². The van der Waals surface area contributed by atoms with Crippen molar-refractivity contribution in [2.75, 3.05) is 26.3 Å². The van der Waals surface area contributed by atoms with E-state index in [1.165, 1.54) is 19.3 Å². The average molecular weight is 350 g/mol. The number of carbonyl (C=O) groups excluding carboxylic acids is 1. The highest BCUT2D eigenvalue weighted by Gasteiger charge is 2.14. The predicted molar refractivity (Wildman–Crippen MR) is 96.0 cm³/mol. The van der Waals surface area contributed by atoms with Gasteiger partial charge in [0.05, 0.1) is 25.0 Å². The summed E-state index contributed by atoms with van der Waals surface area (Å²) in [5.41, 5.74) is 1.19. The maximum atomic E-state index is 12.2. The Morgan fingerprint density at radius 1 is 1.40 bits per heavy atom. The first-order valence-electron chi connectivity index (χ1n) is 9.23. The smallest absolute Gasteiger partial charge is 0.213 e. The number of piperidine rings is 1. The summed E-state index contributed by atoms with van der Waals surface area (Å²) in [5, 5.41) is 21.5.